The van der Waals surface area contributed by atoms with Gasteiger partial charge in [0.1, 0.15) is 5.82 Å². The van der Waals surface area contributed by atoms with E-state index in [1.54, 1.807) is 22.9 Å². The van der Waals surface area contributed by atoms with Crippen LogP contribution in [-0.2, 0) is 4.79 Å². The Labute approximate surface area is 158 Å². The number of amides is 1. The zero-order chi connectivity index (χ0) is 19.2. The Hall–Kier alpha value is -3.21. The third-order valence-electron chi connectivity index (χ3n) is 4.30. The van der Waals surface area contributed by atoms with Crippen molar-refractivity contribution < 1.29 is 9.18 Å². The molecular weight excluding hydrogens is 341 g/mol. The lowest BCUT2D eigenvalue weighted by molar-refractivity contribution is -0.117. The number of hydrogen-bond donors (Lipinski definition) is 1. The first kappa shape index (κ1) is 18.6. The van der Waals surface area contributed by atoms with Gasteiger partial charge in [-0.15, -0.1) is 0 Å². The summed E-state index contributed by atoms with van der Waals surface area (Å²) in [6, 6.07) is 16.0. The summed E-state index contributed by atoms with van der Waals surface area (Å²) in [5.74, 6) is -0.451. The van der Waals surface area contributed by atoms with Crippen molar-refractivity contribution in [1.82, 2.24) is 15.1 Å². The van der Waals surface area contributed by atoms with Crippen LogP contribution in [0, 0.1) is 5.82 Å². The molecule has 1 N–H and O–H groups in total. The van der Waals surface area contributed by atoms with Gasteiger partial charge in [0.25, 0.3) is 0 Å². The molecule has 0 fully saturated rings. The molecule has 0 bridgehead atoms. The van der Waals surface area contributed by atoms with E-state index in [1.807, 2.05) is 50.4 Å². The third kappa shape index (κ3) is 4.70. The number of benzene rings is 2. The second-order valence-electron chi connectivity index (χ2n) is 6.37. The van der Waals surface area contributed by atoms with Crippen molar-refractivity contribution in [2.24, 2.45) is 0 Å². The molecule has 2 aromatic carbocycles. The van der Waals surface area contributed by atoms with Crippen LogP contribution in [0.3, 0.4) is 0 Å². The number of hydrogen-bond acceptors (Lipinski definition) is 2. The van der Waals surface area contributed by atoms with Gasteiger partial charge in [0.15, 0.2) is 0 Å². The standard InChI is InChI=1S/C22H22FN3O/c1-3-16(2)24-21(27)14-11-18-15-26(20-7-5-4-6-8-20)25-22(18)17-9-12-19(23)13-10-17/h4-16H,3H2,1-2H3,(H,24,27)/b14-11+/t16-/m1/s1. The molecule has 27 heavy (non-hydrogen) atoms. The minimum atomic E-state index is -0.300. The molecule has 0 aliphatic rings. The Morgan fingerprint density at radius 2 is 1.89 bits per heavy atom. The molecule has 0 saturated carbocycles. The van der Waals surface area contributed by atoms with Gasteiger partial charge in [-0.25, -0.2) is 9.07 Å². The Morgan fingerprint density at radius 3 is 2.56 bits per heavy atom. The maximum atomic E-state index is 13.3. The van der Waals surface area contributed by atoms with Gasteiger partial charge in [-0.1, -0.05) is 25.1 Å². The van der Waals surface area contributed by atoms with E-state index >= 15 is 0 Å². The van der Waals surface area contributed by atoms with Gasteiger partial charge in [-0.05, 0) is 55.8 Å². The van der Waals surface area contributed by atoms with Crippen LogP contribution in [0.15, 0.2) is 66.9 Å². The topological polar surface area (TPSA) is 46.9 Å². The Balaban J connectivity index is 1.96. The zero-order valence-corrected chi connectivity index (χ0v) is 15.4. The number of aromatic nitrogens is 2. The summed E-state index contributed by atoms with van der Waals surface area (Å²) in [5, 5.41) is 7.55. The van der Waals surface area contributed by atoms with Crippen LogP contribution in [0.5, 0.6) is 0 Å². The summed E-state index contributed by atoms with van der Waals surface area (Å²) in [6.45, 7) is 3.98. The average molecular weight is 363 g/mol. The Kier molecular flexibility index (Phi) is 5.81. The van der Waals surface area contributed by atoms with Crippen molar-refractivity contribution in [2.75, 3.05) is 0 Å². The predicted molar refractivity (Wildman–Crippen MR) is 106 cm³/mol. The van der Waals surface area contributed by atoms with Crippen molar-refractivity contribution in [1.29, 1.82) is 0 Å². The highest BCUT2D eigenvalue weighted by molar-refractivity contribution is 5.93. The van der Waals surface area contributed by atoms with Crippen molar-refractivity contribution in [2.45, 2.75) is 26.3 Å². The van der Waals surface area contributed by atoms with Gasteiger partial charge < -0.3 is 5.32 Å². The van der Waals surface area contributed by atoms with Crippen LogP contribution < -0.4 is 5.32 Å². The van der Waals surface area contributed by atoms with Crippen molar-refractivity contribution in [3.8, 4) is 16.9 Å². The van der Waals surface area contributed by atoms with E-state index in [1.165, 1.54) is 18.2 Å². The molecular formula is C22H22FN3O. The van der Waals surface area contributed by atoms with Crippen LogP contribution >= 0.6 is 0 Å². The number of para-hydroxylation sites is 1. The highest BCUT2D eigenvalue weighted by Gasteiger charge is 2.11. The number of nitrogens with zero attached hydrogens (tertiary/aromatic N) is 2. The van der Waals surface area contributed by atoms with Gasteiger partial charge >= 0.3 is 0 Å². The molecule has 1 aromatic heterocycles. The first-order valence-electron chi connectivity index (χ1n) is 8.96. The maximum Gasteiger partial charge on any atom is 0.244 e. The number of carbonyl (C=O) groups excluding carboxylic acids is 1. The molecule has 0 aliphatic carbocycles. The summed E-state index contributed by atoms with van der Waals surface area (Å²) in [7, 11) is 0. The molecule has 1 heterocycles. The van der Waals surface area contributed by atoms with Crippen LogP contribution in [0.25, 0.3) is 23.0 Å². The first-order valence-corrected chi connectivity index (χ1v) is 8.96. The molecule has 3 rings (SSSR count). The molecule has 0 spiro atoms. The van der Waals surface area contributed by atoms with Crippen LogP contribution in [-0.4, -0.2) is 21.7 Å². The zero-order valence-electron chi connectivity index (χ0n) is 15.4. The highest BCUT2D eigenvalue weighted by atomic mass is 19.1. The third-order valence-corrected chi connectivity index (χ3v) is 4.30. The summed E-state index contributed by atoms with van der Waals surface area (Å²) in [6.07, 6.45) is 5.97. The molecule has 0 unspecified atom stereocenters. The molecule has 4 nitrogen and oxygen atoms in total. The molecule has 5 heteroatoms. The van der Waals surface area contributed by atoms with Gasteiger partial charge in [0.2, 0.25) is 5.91 Å². The maximum absolute atomic E-state index is 13.3. The predicted octanol–water partition coefficient (Wildman–Crippen LogP) is 4.61. The number of carbonyl (C=O) groups is 1. The number of nitrogens with one attached hydrogen (secondary N) is 1. The van der Waals surface area contributed by atoms with Gasteiger partial charge in [0, 0.05) is 29.4 Å². The molecule has 1 atom stereocenters. The fraction of sp³-hybridized carbons (Fsp3) is 0.182. The van der Waals surface area contributed by atoms with Gasteiger partial charge in [-0.3, -0.25) is 4.79 Å². The molecule has 0 saturated heterocycles. The fourth-order valence-electron chi connectivity index (χ4n) is 2.61. The monoisotopic (exact) mass is 363 g/mol. The second kappa shape index (κ2) is 8.45. The smallest absolute Gasteiger partial charge is 0.244 e. The van der Waals surface area contributed by atoms with Crippen molar-refractivity contribution in [3.63, 3.8) is 0 Å². The summed E-state index contributed by atoms with van der Waals surface area (Å²) in [5.41, 5.74) is 3.16. The summed E-state index contributed by atoms with van der Waals surface area (Å²) < 4.78 is 15.0. The van der Waals surface area contributed by atoms with Gasteiger partial charge in [-0.2, -0.15) is 5.10 Å². The molecule has 0 aliphatic heterocycles. The van der Waals surface area contributed by atoms with E-state index < -0.39 is 0 Å². The van der Waals surface area contributed by atoms with Crippen molar-refractivity contribution >= 4 is 12.0 Å². The Morgan fingerprint density at radius 1 is 1.19 bits per heavy atom. The lowest BCUT2D eigenvalue weighted by Gasteiger charge is -2.08. The first-order chi connectivity index (χ1) is 13.1. The largest absolute Gasteiger partial charge is 0.350 e. The van der Waals surface area contributed by atoms with E-state index in [2.05, 4.69) is 10.4 Å². The van der Waals surface area contributed by atoms with Crippen molar-refractivity contribution in [3.05, 3.63) is 78.3 Å². The average Bonchev–Trinajstić information content (AvgIpc) is 3.12. The molecule has 1 amide bonds. The van der Waals surface area contributed by atoms with Crippen LogP contribution in [0.2, 0.25) is 0 Å². The molecule has 138 valence electrons. The highest BCUT2D eigenvalue weighted by Crippen LogP contribution is 2.25. The van der Waals surface area contributed by atoms with E-state index in [9.17, 15) is 9.18 Å². The van der Waals surface area contributed by atoms with Crippen LogP contribution in [0.1, 0.15) is 25.8 Å². The Bertz CT molecular complexity index is 930. The van der Waals surface area contributed by atoms with E-state index in [0.29, 0.717) is 5.69 Å². The summed E-state index contributed by atoms with van der Waals surface area (Å²) in [4.78, 5) is 12.1. The second-order valence-corrected chi connectivity index (χ2v) is 6.37. The number of halogens is 1. The lowest BCUT2D eigenvalue weighted by Crippen LogP contribution is -2.30. The normalized spacial score (nSPS) is 12.3. The fourth-order valence-corrected chi connectivity index (χ4v) is 2.61. The minimum Gasteiger partial charge on any atom is -0.350 e. The van der Waals surface area contributed by atoms with E-state index in [0.717, 1.165) is 23.2 Å². The minimum absolute atomic E-state index is 0.116. The van der Waals surface area contributed by atoms with Gasteiger partial charge in [0.05, 0.1) is 11.4 Å². The summed E-state index contributed by atoms with van der Waals surface area (Å²) >= 11 is 0. The van der Waals surface area contributed by atoms with Crippen LogP contribution in [0.4, 0.5) is 4.39 Å². The number of rotatable bonds is 6. The molecule has 0 radical (unpaired) electrons. The van der Waals surface area contributed by atoms with E-state index in [4.69, 9.17) is 0 Å². The SMILES string of the molecule is CC[C@@H](C)NC(=O)/C=C/c1cn(-c2ccccc2)nc1-c1ccc(F)cc1. The molecule has 3 aromatic rings. The lowest BCUT2D eigenvalue weighted by atomic mass is 10.1. The quantitative estimate of drug-likeness (QED) is 0.650. The van der Waals surface area contributed by atoms with E-state index in [-0.39, 0.29) is 17.8 Å².